The third-order valence-corrected chi connectivity index (χ3v) is 3.79. The van der Waals surface area contributed by atoms with E-state index >= 15 is 0 Å². The van der Waals surface area contributed by atoms with Crippen LogP contribution in [0.5, 0.6) is 0 Å². The molecule has 3 rings (SSSR count). The fourth-order valence-corrected chi connectivity index (χ4v) is 2.46. The molecule has 0 unspecified atom stereocenters. The molecule has 2 aromatic heterocycles. The normalized spacial score (nSPS) is 10.5. The number of nitrogens with two attached hydrogens (primary N) is 1. The zero-order valence-corrected chi connectivity index (χ0v) is 13.2. The standard InChI is InChI=1S/C19H20N4/c1-23(13-10-15-8-11-21-12-9-15)19-7-3-6-18(22-19)16-4-2-5-17(20)14-16/h2-9,11-12,14H,10,13,20H2,1H3. The monoisotopic (exact) mass is 304 g/mol. The van der Waals surface area contributed by atoms with Crippen LogP contribution in [0, 0.1) is 0 Å². The molecule has 0 fully saturated rings. The molecule has 116 valence electrons. The number of nitrogens with zero attached hydrogens (tertiary/aromatic N) is 3. The van der Waals surface area contributed by atoms with E-state index in [-0.39, 0.29) is 0 Å². The zero-order chi connectivity index (χ0) is 16.1. The maximum atomic E-state index is 5.86. The van der Waals surface area contributed by atoms with E-state index in [1.165, 1.54) is 5.56 Å². The average molecular weight is 304 g/mol. The lowest BCUT2D eigenvalue weighted by atomic mass is 10.1. The van der Waals surface area contributed by atoms with Gasteiger partial charge in [0.2, 0.25) is 0 Å². The fourth-order valence-electron chi connectivity index (χ4n) is 2.46. The topological polar surface area (TPSA) is 55.0 Å². The van der Waals surface area contributed by atoms with E-state index in [0.29, 0.717) is 0 Å². The third-order valence-electron chi connectivity index (χ3n) is 3.79. The van der Waals surface area contributed by atoms with Gasteiger partial charge in [-0.25, -0.2) is 4.98 Å². The molecule has 0 atom stereocenters. The number of benzene rings is 1. The highest BCUT2D eigenvalue weighted by molar-refractivity contribution is 5.65. The molecule has 0 bridgehead atoms. The highest BCUT2D eigenvalue weighted by atomic mass is 15.2. The van der Waals surface area contributed by atoms with Gasteiger partial charge >= 0.3 is 0 Å². The minimum absolute atomic E-state index is 0.751. The molecule has 0 amide bonds. The molecule has 0 aliphatic heterocycles. The van der Waals surface area contributed by atoms with Gasteiger partial charge in [-0.1, -0.05) is 18.2 Å². The van der Waals surface area contributed by atoms with E-state index < -0.39 is 0 Å². The second-order valence-electron chi connectivity index (χ2n) is 5.53. The van der Waals surface area contributed by atoms with Gasteiger partial charge in [0.15, 0.2) is 0 Å². The number of nitrogen functional groups attached to an aromatic ring is 1. The third kappa shape index (κ3) is 3.86. The minimum Gasteiger partial charge on any atom is -0.399 e. The van der Waals surface area contributed by atoms with Crippen LogP contribution in [0.15, 0.2) is 67.0 Å². The van der Waals surface area contributed by atoms with E-state index in [9.17, 15) is 0 Å². The van der Waals surface area contributed by atoms with Crippen molar-refractivity contribution >= 4 is 11.5 Å². The summed E-state index contributed by atoms with van der Waals surface area (Å²) in [5.41, 5.74) is 9.86. The summed E-state index contributed by atoms with van der Waals surface area (Å²) >= 11 is 0. The van der Waals surface area contributed by atoms with Crippen molar-refractivity contribution in [2.45, 2.75) is 6.42 Å². The summed E-state index contributed by atoms with van der Waals surface area (Å²) in [5, 5.41) is 0. The molecule has 1 aromatic carbocycles. The number of hydrogen-bond donors (Lipinski definition) is 1. The molecule has 23 heavy (non-hydrogen) atoms. The van der Waals surface area contributed by atoms with Crippen LogP contribution in [0.3, 0.4) is 0 Å². The Hall–Kier alpha value is -2.88. The first kappa shape index (κ1) is 15.0. The van der Waals surface area contributed by atoms with Crippen molar-refractivity contribution in [3.05, 3.63) is 72.6 Å². The highest BCUT2D eigenvalue weighted by Crippen LogP contribution is 2.22. The van der Waals surface area contributed by atoms with Crippen molar-refractivity contribution in [1.82, 2.24) is 9.97 Å². The number of anilines is 2. The molecule has 0 saturated carbocycles. The molecule has 0 radical (unpaired) electrons. The average Bonchev–Trinajstić information content (AvgIpc) is 2.61. The van der Waals surface area contributed by atoms with Gasteiger partial charge < -0.3 is 10.6 Å². The molecule has 2 N–H and O–H groups in total. The van der Waals surface area contributed by atoms with E-state index in [1.54, 1.807) is 0 Å². The van der Waals surface area contributed by atoms with Crippen LogP contribution in [0.1, 0.15) is 5.56 Å². The van der Waals surface area contributed by atoms with E-state index in [4.69, 9.17) is 10.7 Å². The van der Waals surface area contributed by atoms with Crippen LogP contribution >= 0.6 is 0 Å². The predicted octanol–water partition coefficient (Wildman–Crippen LogP) is 3.40. The first-order valence-electron chi connectivity index (χ1n) is 7.65. The first-order valence-corrected chi connectivity index (χ1v) is 7.65. The van der Waals surface area contributed by atoms with Gasteiger partial charge in [0.05, 0.1) is 5.69 Å². The van der Waals surface area contributed by atoms with Gasteiger partial charge in [0, 0.05) is 37.2 Å². The number of hydrogen-bond acceptors (Lipinski definition) is 4. The lowest BCUT2D eigenvalue weighted by Gasteiger charge is -2.19. The van der Waals surface area contributed by atoms with Crippen molar-refractivity contribution in [3.8, 4) is 11.3 Å². The molecule has 4 nitrogen and oxygen atoms in total. The Balaban J connectivity index is 1.74. The molecule has 0 aliphatic rings. The Labute approximate surface area is 136 Å². The van der Waals surface area contributed by atoms with Crippen LogP contribution in [0.25, 0.3) is 11.3 Å². The van der Waals surface area contributed by atoms with Crippen molar-refractivity contribution in [2.24, 2.45) is 0 Å². The molecule has 2 heterocycles. The van der Waals surface area contributed by atoms with Crippen LogP contribution in [0.2, 0.25) is 0 Å². The Bertz CT molecular complexity index is 771. The van der Waals surface area contributed by atoms with Crippen LogP contribution < -0.4 is 10.6 Å². The lowest BCUT2D eigenvalue weighted by molar-refractivity contribution is 0.859. The number of pyridine rings is 2. The van der Waals surface area contributed by atoms with Gasteiger partial charge in [-0.3, -0.25) is 4.98 Å². The Morgan fingerprint density at radius 2 is 1.78 bits per heavy atom. The summed E-state index contributed by atoms with van der Waals surface area (Å²) in [6.45, 7) is 0.900. The summed E-state index contributed by atoms with van der Waals surface area (Å²) in [6.07, 6.45) is 4.62. The van der Waals surface area contributed by atoms with Gasteiger partial charge in [-0.05, 0) is 48.4 Å². The molecule has 0 spiro atoms. The van der Waals surface area contributed by atoms with Crippen molar-refractivity contribution < 1.29 is 0 Å². The lowest BCUT2D eigenvalue weighted by Crippen LogP contribution is -2.21. The molecule has 0 aliphatic carbocycles. The predicted molar refractivity (Wildman–Crippen MR) is 95.3 cm³/mol. The van der Waals surface area contributed by atoms with Gasteiger partial charge in [0.25, 0.3) is 0 Å². The van der Waals surface area contributed by atoms with Crippen molar-refractivity contribution in [3.63, 3.8) is 0 Å². The van der Waals surface area contributed by atoms with Gasteiger partial charge in [-0.15, -0.1) is 0 Å². The largest absolute Gasteiger partial charge is 0.399 e. The molecular formula is C19H20N4. The smallest absolute Gasteiger partial charge is 0.128 e. The Kier molecular flexibility index (Phi) is 4.52. The maximum absolute atomic E-state index is 5.86. The highest BCUT2D eigenvalue weighted by Gasteiger charge is 2.06. The second kappa shape index (κ2) is 6.92. The van der Waals surface area contributed by atoms with Crippen LogP contribution in [0.4, 0.5) is 11.5 Å². The summed E-state index contributed by atoms with van der Waals surface area (Å²) < 4.78 is 0. The molecular weight excluding hydrogens is 284 g/mol. The number of likely N-dealkylation sites (N-methyl/N-ethyl adjacent to an activating group) is 1. The van der Waals surface area contributed by atoms with Gasteiger partial charge in [-0.2, -0.15) is 0 Å². The number of rotatable bonds is 5. The zero-order valence-electron chi connectivity index (χ0n) is 13.2. The molecule has 0 saturated heterocycles. The number of aromatic nitrogens is 2. The quantitative estimate of drug-likeness (QED) is 0.734. The summed E-state index contributed by atoms with van der Waals surface area (Å²) in [7, 11) is 2.06. The fraction of sp³-hybridized carbons (Fsp3) is 0.158. The summed E-state index contributed by atoms with van der Waals surface area (Å²) in [4.78, 5) is 11.0. The summed E-state index contributed by atoms with van der Waals surface area (Å²) in [6, 6.07) is 18.0. The van der Waals surface area contributed by atoms with Crippen molar-refractivity contribution in [1.29, 1.82) is 0 Å². The molecule has 3 aromatic rings. The van der Waals surface area contributed by atoms with Crippen LogP contribution in [-0.2, 0) is 6.42 Å². The van der Waals surface area contributed by atoms with E-state index in [2.05, 4.69) is 16.9 Å². The minimum atomic E-state index is 0.751. The van der Waals surface area contributed by atoms with Gasteiger partial charge in [0.1, 0.15) is 5.82 Å². The van der Waals surface area contributed by atoms with Crippen molar-refractivity contribution in [2.75, 3.05) is 24.2 Å². The first-order chi connectivity index (χ1) is 11.2. The SMILES string of the molecule is CN(CCc1ccncc1)c1cccc(-c2cccc(N)c2)n1. The van der Waals surface area contributed by atoms with E-state index in [0.717, 1.165) is 35.7 Å². The Morgan fingerprint density at radius 3 is 2.57 bits per heavy atom. The molecule has 4 heteroatoms. The van der Waals surface area contributed by atoms with Crippen LogP contribution in [-0.4, -0.2) is 23.6 Å². The maximum Gasteiger partial charge on any atom is 0.128 e. The Morgan fingerprint density at radius 1 is 1.00 bits per heavy atom. The summed E-state index contributed by atoms with van der Waals surface area (Å²) in [5.74, 6) is 0.957. The van der Waals surface area contributed by atoms with E-state index in [1.807, 2.05) is 67.0 Å². The second-order valence-corrected chi connectivity index (χ2v) is 5.53.